The minimum atomic E-state index is 0.196. The van der Waals surface area contributed by atoms with Gasteiger partial charge in [-0.25, -0.2) is 0 Å². The molecule has 92 valence electrons. The fraction of sp³-hybridized carbons (Fsp3) is 0.250. The van der Waals surface area contributed by atoms with E-state index in [1.165, 1.54) is 0 Å². The van der Waals surface area contributed by atoms with E-state index in [4.69, 9.17) is 0 Å². The van der Waals surface area contributed by atoms with Gasteiger partial charge in [0, 0.05) is 23.9 Å². The van der Waals surface area contributed by atoms with Crippen LogP contribution in [-0.2, 0) is 6.42 Å². The van der Waals surface area contributed by atoms with Gasteiger partial charge in [0.05, 0.1) is 0 Å². The molecule has 2 nitrogen and oxygen atoms in total. The highest BCUT2D eigenvalue weighted by Crippen LogP contribution is 2.14. The third-order valence-electron chi connectivity index (χ3n) is 3.03. The summed E-state index contributed by atoms with van der Waals surface area (Å²) in [7, 11) is 0. The number of rotatable bonds is 4. The second-order valence-corrected chi connectivity index (χ2v) is 4.56. The number of carbonyl (C=O) groups is 1. The molecule has 0 aliphatic rings. The number of aryl methyl sites for hydroxylation is 3. The molecule has 1 aromatic carbocycles. The molecule has 0 saturated heterocycles. The Morgan fingerprint density at radius 1 is 1.17 bits per heavy atom. The SMILES string of the molecule is Cc1ccc(C)c(C(=O)CCc2ccccn2)c1. The molecule has 0 radical (unpaired) electrons. The van der Waals surface area contributed by atoms with Crippen molar-refractivity contribution in [3.63, 3.8) is 0 Å². The van der Waals surface area contributed by atoms with Gasteiger partial charge in [-0.05, 0) is 44.0 Å². The predicted octanol–water partition coefficient (Wildman–Crippen LogP) is 3.51. The lowest BCUT2D eigenvalue weighted by atomic mass is 9.99. The Labute approximate surface area is 108 Å². The van der Waals surface area contributed by atoms with Crippen LogP contribution in [0.4, 0.5) is 0 Å². The maximum Gasteiger partial charge on any atom is 0.163 e. The van der Waals surface area contributed by atoms with Crippen molar-refractivity contribution in [3.05, 3.63) is 65.0 Å². The molecule has 18 heavy (non-hydrogen) atoms. The quantitative estimate of drug-likeness (QED) is 0.764. The average molecular weight is 239 g/mol. The molecule has 0 unspecified atom stereocenters. The standard InChI is InChI=1S/C16H17NO/c1-12-6-7-13(2)15(11-12)16(18)9-8-14-5-3-4-10-17-14/h3-7,10-11H,8-9H2,1-2H3. The van der Waals surface area contributed by atoms with Gasteiger partial charge in [-0.1, -0.05) is 23.8 Å². The number of pyridine rings is 1. The first-order chi connectivity index (χ1) is 8.66. The van der Waals surface area contributed by atoms with Crippen LogP contribution in [0.3, 0.4) is 0 Å². The summed E-state index contributed by atoms with van der Waals surface area (Å²) in [6.07, 6.45) is 2.98. The molecule has 1 heterocycles. The summed E-state index contributed by atoms with van der Waals surface area (Å²) in [5.41, 5.74) is 3.98. The molecule has 0 atom stereocenters. The Bertz CT molecular complexity index is 546. The van der Waals surface area contributed by atoms with Gasteiger partial charge in [0.1, 0.15) is 0 Å². The third kappa shape index (κ3) is 3.04. The van der Waals surface area contributed by atoms with Crippen LogP contribution in [0.2, 0.25) is 0 Å². The van der Waals surface area contributed by atoms with Crippen molar-refractivity contribution in [1.82, 2.24) is 4.98 Å². The first-order valence-corrected chi connectivity index (χ1v) is 6.17. The zero-order valence-corrected chi connectivity index (χ0v) is 10.8. The largest absolute Gasteiger partial charge is 0.294 e. The highest BCUT2D eigenvalue weighted by molar-refractivity contribution is 5.97. The van der Waals surface area contributed by atoms with Gasteiger partial charge in [0.25, 0.3) is 0 Å². The van der Waals surface area contributed by atoms with Crippen LogP contribution in [0.1, 0.15) is 33.6 Å². The summed E-state index contributed by atoms with van der Waals surface area (Å²) in [5, 5.41) is 0. The number of benzene rings is 1. The molecule has 0 spiro atoms. The van der Waals surface area contributed by atoms with E-state index in [9.17, 15) is 4.79 Å². The first-order valence-electron chi connectivity index (χ1n) is 6.17. The summed E-state index contributed by atoms with van der Waals surface area (Å²) in [6.45, 7) is 3.99. The molecule has 2 rings (SSSR count). The van der Waals surface area contributed by atoms with E-state index in [1.54, 1.807) is 6.20 Å². The smallest absolute Gasteiger partial charge is 0.163 e. The summed E-state index contributed by atoms with van der Waals surface area (Å²) in [5.74, 6) is 0.196. The number of aromatic nitrogens is 1. The third-order valence-corrected chi connectivity index (χ3v) is 3.03. The highest BCUT2D eigenvalue weighted by Gasteiger charge is 2.09. The molecule has 0 aliphatic heterocycles. The fourth-order valence-electron chi connectivity index (χ4n) is 1.96. The van der Waals surface area contributed by atoms with Crippen molar-refractivity contribution in [1.29, 1.82) is 0 Å². The molecule has 0 amide bonds. The summed E-state index contributed by atoms with van der Waals surface area (Å²) < 4.78 is 0. The van der Waals surface area contributed by atoms with Crippen molar-refractivity contribution in [2.75, 3.05) is 0 Å². The number of nitrogens with zero attached hydrogens (tertiary/aromatic N) is 1. The molecular weight excluding hydrogens is 222 g/mol. The van der Waals surface area contributed by atoms with Gasteiger partial charge in [0.2, 0.25) is 0 Å². The van der Waals surface area contributed by atoms with E-state index in [2.05, 4.69) is 4.98 Å². The molecule has 0 saturated carbocycles. The lowest BCUT2D eigenvalue weighted by Crippen LogP contribution is -2.04. The maximum absolute atomic E-state index is 12.2. The summed E-state index contributed by atoms with van der Waals surface area (Å²) in [6, 6.07) is 11.8. The van der Waals surface area contributed by atoms with E-state index in [1.807, 2.05) is 50.2 Å². The van der Waals surface area contributed by atoms with E-state index >= 15 is 0 Å². The van der Waals surface area contributed by atoms with E-state index in [0.717, 1.165) is 22.4 Å². The van der Waals surface area contributed by atoms with Crippen molar-refractivity contribution >= 4 is 5.78 Å². The van der Waals surface area contributed by atoms with Gasteiger partial charge in [-0.2, -0.15) is 0 Å². The lowest BCUT2D eigenvalue weighted by Gasteiger charge is -2.06. The number of carbonyl (C=O) groups excluding carboxylic acids is 1. The van der Waals surface area contributed by atoms with Crippen LogP contribution < -0.4 is 0 Å². The summed E-state index contributed by atoms with van der Waals surface area (Å²) in [4.78, 5) is 16.4. The van der Waals surface area contributed by atoms with Crippen molar-refractivity contribution in [2.24, 2.45) is 0 Å². The Balaban J connectivity index is 2.06. The number of ketones is 1. The topological polar surface area (TPSA) is 30.0 Å². The average Bonchev–Trinajstić information content (AvgIpc) is 2.40. The van der Waals surface area contributed by atoms with Crippen molar-refractivity contribution in [2.45, 2.75) is 26.7 Å². The second kappa shape index (κ2) is 5.58. The first kappa shape index (κ1) is 12.5. The van der Waals surface area contributed by atoms with Gasteiger partial charge < -0.3 is 0 Å². The Morgan fingerprint density at radius 3 is 2.72 bits per heavy atom. The Hall–Kier alpha value is -1.96. The molecule has 2 aromatic rings. The Morgan fingerprint density at radius 2 is 2.00 bits per heavy atom. The molecule has 1 aromatic heterocycles. The molecule has 2 heteroatoms. The number of hydrogen-bond donors (Lipinski definition) is 0. The molecule has 0 N–H and O–H groups in total. The normalized spacial score (nSPS) is 10.3. The zero-order valence-electron chi connectivity index (χ0n) is 10.8. The lowest BCUT2D eigenvalue weighted by molar-refractivity contribution is 0.0982. The molecule has 0 aliphatic carbocycles. The summed E-state index contributed by atoms with van der Waals surface area (Å²) >= 11 is 0. The number of Topliss-reactive ketones (excluding diaryl/α,β-unsaturated/α-hetero) is 1. The predicted molar refractivity (Wildman–Crippen MR) is 72.8 cm³/mol. The van der Waals surface area contributed by atoms with Gasteiger partial charge in [0.15, 0.2) is 5.78 Å². The van der Waals surface area contributed by atoms with E-state index in [0.29, 0.717) is 12.8 Å². The highest BCUT2D eigenvalue weighted by atomic mass is 16.1. The van der Waals surface area contributed by atoms with Gasteiger partial charge in [-0.3, -0.25) is 9.78 Å². The van der Waals surface area contributed by atoms with E-state index in [-0.39, 0.29) is 5.78 Å². The van der Waals surface area contributed by atoms with Crippen molar-refractivity contribution < 1.29 is 4.79 Å². The van der Waals surface area contributed by atoms with Crippen LogP contribution in [0.25, 0.3) is 0 Å². The van der Waals surface area contributed by atoms with Gasteiger partial charge in [-0.15, -0.1) is 0 Å². The van der Waals surface area contributed by atoms with Crippen LogP contribution in [0.5, 0.6) is 0 Å². The second-order valence-electron chi connectivity index (χ2n) is 4.56. The minimum absolute atomic E-state index is 0.196. The van der Waals surface area contributed by atoms with Crippen molar-refractivity contribution in [3.8, 4) is 0 Å². The zero-order chi connectivity index (χ0) is 13.0. The minimum Gasteiger partial charge on any atom is -0.294 e. The molecule has 0 bridgehead atoms. The Kier molecular flexibility index (Phi) is 3.88. The van der Waals surface area contributed by atoms with Gasteiger partial charge >= 0.3 is 0 Å². The molecular formula is C16H17NO. The van der Waals surface area contributed by atoms with Crippen LogP contribution in [-0.4, -0.2) is 10.8 Å². The number of hydrogen-bond acceptors (Lipinski definition) is 2. The molecule has 0 fully saturated rings. The monoisotopic (exact) mass is 239 g/mol. The fourth-order valence-corrected chi connectivity index (χ4v) is 1.96. The van der Waals surface area contributed by atoms with E-state index < -0.39 is 0 Å². The van der Waals surface area contributed by atoms with Crippen LogP contribution >= 0.6 is 0 Å². The maximum atomic E-state index is 12.2. The van der Waals surface area contributed by atoms with Crippen LogP contribution in [0, 0.1) is 13.8 Å². The van der Waals surface area contributed by atoms with Crippen LogP contribution in [0.15, 0.2) is 42.6 Å².